The lowest BCUT2D eigenvalue weighted by molar-refractivity contribution is 0.171. The van der Waals surface area contributed by atoms with Gasteiger partial charge in [-0.05, 0) is 6.42 Å². The molecule has 0 unspecified atom stereocenters. The zero-order valence-corrected chi connectivity index (χ0v) is 8.67. The lowest BCUT2D eigenvalue weighted by Gasteiger charge is -2.04. The van der Waals surface area contributed by atoms with Crippen LogP contribution in [0.3, 0.4) is 0 Å². The molecule has 0 rings (SSSR count). The molecule has 0 bridgehead atoms. The fourth-order valence-corrected chi connectivity index (χ4v) is 1.79. The van der Waals surface area contributed by atoms with Gasteiger partial charge in [0, 0.05) is 15.3 Å². The quantitative estimate of drug-likeness (QED) is 0.515. The van der Waals surface area contributed by atoms with Crippen LogP contribution in [0.4, 0.5) is 4.79 Å². The highest BCUT2D eigenvalue weighted by Gasteiger charge is 1.98. The van der Waals surface area contributed by atoms with Crippen molar-refractivity contribution < 1.29 is 9.53 Å². The summed E-state index contributed by atoms with van der Waals surface area (Å²) in [7, 11) is 0.947. The van der Waals surface area contributed by atoms with Gasteiger partial charge in [0.1, 0.15) is 0 Å². The summed E-state index contributed by atoms with van der Waals surface area (Å²) in [6.07, 6.45) is 0.759. The Morgan fingerprint density at radius 1 is 1.55 bits per heavy atom. The average molecular weight is 175 g/mol. The van der Waals surface area contributed by atoms with E-state index in [1.165, 1.54) is 13.2 Å². The Hall–Kier alpha value is -0.513. The highest BCUT2D eigenvalue weighted by atomic mass is 28.3. The molecule has 0 aromatic carbocycles. The fraction of sp³-hybridized carbons (Fsp3) is 0.857. The number of amides is 1. The maximum atomic E-state index is 10.5. The summed E-state index contributed by atoms with van der Waals surface area (Å²) in [6, 6.07) is 1.28. The molecule has 0 heterocycles. The SMILES string of the molecule is COC(=O)NCCC[SiH](C)C. The van der Waals surface area contributed by atoms with Crippen molar-refractivity contribution in [1.82, 2.24) is 5.32 Å². The van der Waals surface area contributed by atoms with E-state index in [1.807, 2.05) is 0 Å². The number of rotatable bonds is 4. The minimum Gasteiger partial charge on any atom is -0.453 e. The molecule has 0 atom stereocenters. The number of carbonyl (C=O) groups excluding carboxylic acids is 1. The van der Waals surface area contributed by atoms with Gasteiger partial charge in [0.05, 0.1) is 7.11 Å². The van der Waals surface area contributed by atoms with E-state index in [0.29, 0.717) is 0 Å². The molecular weight excluding hydrogens is 158 g/mol. The Bertz CT molecular complexity index is 117. The third-order valence-electron chi connectivity index (χ3n) is 1.41. The van der Waals surface area contributed by atoms with Gasteiger partial charge in [0.25, 0.3) is 0 Å². The van der Waals surface area contributed by atoms with E-state index in [1.54, 1.807) is 0 Å². The molecule has 0 spiro atoms. The predicted octanol–water partition coefficient (Wildman–Crippen LogP) is 1.22. The Kier molecular flexibility index (Phi) is 5.92. The molecule has 1 N–H and O–H groups in total. The van der Waals surface area contributed by atoms with Gasteiger partial charge in [-0.2, -0.15) is 0 Å². The van der Waals surface area contributed by atoms with Crippen molar-refractivity contribution in [3.63, 3.8) is 0 Å². The molecule has 0 aliphatic heterocycles. The number of ether oxygens (including phenoxy) is 1. The molecule has 0 aliphatic rings. The van der Waals surface area contributed by atoms with E-state index in [0.717, 1.165) is 13.0 Å². The minimum atomic E-state index is -0.434. The normalized spacial score (nSPS) is 9.82. The molecule has 0 aliphatic carbocycles. The van der Waals surface area contributed by atoms with Crippen molar-refractivity contribution in [2.24, 2.45) is 0 Å². The number of carbonyl (C=O) groups is 1. The maximum absolute atomic E-state index is 10.5. The number of alkyl carbamates (subject to hydrolysis) is 1. The first-order valence-corrected chi connectivity index (χ1v) is 7.11. The van der Waals surface area contributed by atoms with Crippen LogP contribution in [-0.4, -0.2) is 28.5 Å². The number of methoxy groups -OCH3 is 1. The third kappa shape index (κ3) is 7.38. The highest BCUT2D eigenvalue weighted by molar-refractivity contribution is 6.55. The van der Waals surface area contributed by atoms with Crippen LogP contribution in [0.5, 0.6) is 0 Å². The first-order chi connectivity index (χ1) is 5.16. The predicted molar refractivity (Wildman–Crippen MR) is 48.7 cm³/mol. The zero-order valence-electron chi connectivity index (χ0n) is 7.52. The number of nitrogens with one attached hydrogen (secondary N) is 1. The van der Waals surface area contributed by atoms with Crippen LogP contribution in [0.15, 0.2) is 0 Å². The van der Waals surface area contributed by atoms with E-state index in [-0.39, 0.29) is 6.09 Å². The Labute approximate surface area is 69.7 Å². The summed E-state index contributed by atoms with van der Waals surface area (Å²) in [5, 5.41) is 2.65. The maximum Gasteiger partial charge on any atom is 0.406 e. The van der Waals surface area contributed by atoms with Gasteiger partial charge in [-0.15, -0.1) is 0 Å². The van der Waals surface area contributed by atoms with Crippen LogP contribution in [0.2, 0.25) is 19.1 Å². The zero-order chi connectivity index (χ0) is 8.69. The molecule has 4 heteroatoms. The van der Waals surface area contributed by atoms with Crippen molar-refractivity contribution in [1.29, 1.82) is 0 Å². The average Bonchev–Trinajstić information content (AvgIpc) is 1.97. The van der Waals surface area contributed by atoms with E-state index in [4.69, 9.17) is 0 Å². The summed E-state index contributed by atoms with van der Waals surface area (Å²) in [5.41, 5.74) is 0. The van der Waals surface area contributed by atoms with Crippen LogP contribution >= 0.6 is 0 Å². The first kappa shape index (κ1) is 10.5. The van der Waals surface area contributed by atoms with Crippen LogP contribution in [0.25, 0.3) is 0 Å². The lowest BCUT2D eigenvalue weighted by atomic mass is 10.5. The summed E-state index contributed by atoms with van der Waals surface area (Å²) in [4.78, 5) is 10.5. The largest absolute Gasteiger partial charge is 0.453 e. The molecule has 0 saturated carbocycles. The van der Waals surface area contributed by atoms with Crippen molar-refractivity contribution in [3.05, 3.63) is 0 Å². The van der Waals surface area contributed by atoms with E-state index >= 15 is 0 Å². The number of hydrogen-bond donors (Lipinski definition) is 1. The first-order valence-electron chi connectivity index (χ1n) is 3.98. The van der Waals surface area contributed by atoms with Crippen LogP contribution in [0.1, 0.15) is 6.42 Å². The third-order valence-corrected chi connectivity index (χ3v) is 2.98. The summed E-state index contributed by atoms with van der Waals surface area (Å²) < 4.78 is 4.42. The van der Waals surface area contributed by atoms with Gasteiger partial charge in [0.2, 0.25) is 0 Å². The topological polar surface area (TPSA) is 38.3 Å². The minimum absolute atomic E-state index is 0.324. The number of hydrogen-bond acceptors (Lipinski definition) is 2. The van der Waals surface area contributed by atoms with E-state index < -0.39 is 8.80 Å². The van der Waals surface area contributed by atoms with E-state index in [2.05, 4.69) is 23.1 Å². The second-order valence-electron chi connectivity index (χ2n) is 2.95. The van der Waals surface area contributed by atoms with Crippen LogP contribution < -0.4 is 5.32 Å². The molecule has 0 aromatic rings. The molecule has 0 aromatic heterocycles. The van der Waals surface area contributed by atoms with Gasteiger partial charge in [-0.1, -0.05) is 19.1 Å². The Morgan fingerprint density at radius 2 is 2.18 bits per heavy atom. The van der Waals surface area contributed by atoms with Crippen molar-refractivity contribution in [3.8, 4) is 0 Å². The molecule has 1 amide bonds. The van der Waals surface area contributed by atoms with Crippen molar-refractivity contribution in [2.45, 2.75) is 25.6 Å². The fourth-order valence-electron chi connectivity index (χ4n) is 0.773. The van der Waals surface area contributed by atoms with E-state index in [9.17, 15) is 4.79 Å². The van der Waals surface area contributed by atoms with Crippen LogP contribution in [0, 0.1) is 0 Å². The summed E-state index contributed by atoms with van der Waals surface area (Å²) in [5.74, 6) is 0. The Morgan fingerprint density at radius 3 is 2.64 bits per heavy atom. The monoisotopic (exact) mass is 175 g/mol. The van der Waals surface area contributed by atoms with Gasteiger partial charge in [-0.25, -0.2) is 4.79 Å². The van der Waals surface area contributed by atoms with Gasteiger partial charge in [0.15, 0.2) is 0 Å². The molecule has 0 fully saturated rings. The Balaban J connectivity index is 3.08. The molecule has 0 radical (unpaired) electrons. The van der Waals surface area contributed by atoms with Gasteiger partial charge in [-0.3, -0.25) is 0 Å². The van der Waals surface area contributed by atoms with Crippen LogP contribution in [-0.2, 0) is 4.74 Å². The second kappa shape index (κ2) is 6.21. The second-order valence-corrected chi connectivity index (χ2v) is 6.32. The molecular formula is C7H17NO2Si. The van der Waals surface area contributed by atoms with Gasteiger partial charge >= 0.3 is 6.09 Å². The summed E-state index contributed by atoms with van der Waals surface area (Å²) >= 11 is 0. The lowest BCUT2D eigenvalue weighted by Crippen LogP contribution is -2.24. The van der Waals surface area contributed by atoms with Crippen molar-refractivity contribution in [2.75, 3.05) is 13.7 Å². The van der Waals surface area contributed by atoms with Gasteiger partial charge < -0.3 is 10.1 Å². The summed E-state index contributed by atoms with van der Waals surface area (Å²) in [6.45, 7) is 5.36. The standard InChI is InChI=1S/C7H17NO2Si/c1-10-7(9)8-5-4-6-11(2)3/h11H,4-6H2,1-3H3,(H,8,9). The molecule has 0 saturated heterocycles. The smallest absolute Gasteiger partial charge is 0.406 e. The molecule has 11 heavy (non-hydrogen) atoms. The molecule has 3 nitrogen and oxygen atoms in total. The molecule has 66 valence electrons. The highest BCUT2D eigenvalue weighted by Crippen LogP contribution is 1.94. The van der Waals surface area contributed by atoms with Crippen molar-refractivity contribution >= 4 is 14.9 Å².